The fraction of sp³-hybridized carbons (Fsp3) is 0.214. The van der Waals surface area contributed by atoms with Crippen molar-refractivity contribution in [1.29, 1.82) is 0 Å². The van der Waals surface area contributed by atoms with Crippen molar-refractivity contribution < 1.29 is 9.59 Å². The summed E-state index contributed by atoms with van der Waals surface area (Å²) in [6.45, 7) is 2.97. The predicted molar refractivity (Wildman–Crippen MR) is 82.6 cm³/mol. The zero-order valence-electron chi connectivity index (χ0n) is 11.7. The molecule has 0 fully saturated rings. The molecule has 0 saturated carbocycles. The molecule has 0 aliphatic heterocycles. The molecular weight excluding hydrogens is 288 g/mol. The summed E-state index contributed by atoms with van der Waals surface area (Å²) in [6, 6.07) is 7.14. The maximum Gasteiger partial charge on any atom is 0.239 e. The molecule has 0 bridgehead atoms. The molecule has 1 aromatic carbocycles. The second kappa shape index (κ2) is 5.53. The highest BCUT2D eigenvalue weighted by molar-refractivity contribution is 7.71. The van der Waals surface area contributed by atoms with E-state index in [1.807, 2.05) is 6.07 Å². The van der Waals surface area contributed by atoms with Crippen LogP contribution < -0.4 is 11.1 Å². The number of aromatic nitrogens is 2. The van der Waals surface area contributed by atoms with Gasteiger partial charge in [0, 0.05) is 23.8 Å². The molecule has 7 heteroatoms. The van der Waals surface area contributed by atoms with Gasteiger partial charge >= 0.3 is 0 Å². The molecular formula is C14H16N4O2S. The van der Waals surface area contributed by atoms with Crippen molar-refractivity contribution in [2.45, 2.75) is 13.8 Å². The van der Waals surface area contributed by atoms with Gasteiger partial charge in [0.15, 0.2) is 4.77 Å². The number of carbonyl (C=O) groups excluding carboxylic acids is 2. The molecule has 6 nitrogen and oxygen atoms in total. The number of carbonyl (C=O) groups is 2. The molecule has 2 amide bonds. The van der Waals surface area contributed by atoms with Gasteiger partial charge in [-0.1, -0.05) is 6.07 Å². The van der Waals surface area contributed by atoms with Gasteiger partial charge < -0.3 is 16.0 Å². The van der Waals surface area contributed by atoms with Crippen LogP contribution in [0.15, 0.2) is 36.7 Å². The predicted octanol–water partition coefficient (Wildman–Crippen LogP) is 1.98. The summed E-state index contributed by atoms with van der Waals surface area (Å²) in [6.07, 6.45) is 3.51. The smallest absolute Gasteiger partial charge is 0.239 e. The minimum absolute atomic E-state index is 0.454. The first-order valence-electron chi connectivity index (χ1n) is 6.30. The Labute approximate surface area is 127 Å². The van der Waals surface area contributed by atoms with E-state index in [4.69, 9.17) is 18.0 Å². The number of primary amides is 1. The number of hydrogen-bond acceptors (Lipinski definition) is 3. The number of anilines is 1. The van der Waals surface area contributed by atoms with Crippen LogP contribution in [0.4, 0.5) is 5.69 Å². The Hall–Kier alpha value is -2.41. The summed E-state index contributed by atoms with van der Waals surface area (Å²) >= 11 is 5.15. The van der Waals surface area contributed by atoms with Gasteiger partial charge in [-0.2, -0.15) is 0 Å². The van der Waals surface area contributed by atoms with Gasteiger partial charge in [-0.15, -0.1) is 0 Å². The Morgan fingerprint density at radius 2 is 2.10 bits per heavy atom. The molecule has 0 spiro atoms. The summed E-state index contributed by atoms with van der Waals surface area (Å²) in [7, 11) is 0. The number of imidazole rings is 1. The number of nitrogens with zero attached hydrogens (tertiary/aromatic N) is 1. The van der Waals surface area contributed by atoms with Crippen molar-refractivity contribution in [2.75, 3.05) is 5.32 Å². The van der Waals surface area contributed by atoms with Gasteiger partial charge in [-0.05, 0) is 44.3 Å². The van der Waals surface area contributed by atoms with Gasteiger partial charge in [0.2, 0.25) is 11.8 Å². The van der Waals surface area contributed by atoms with Gasteiger partial charge in [0.05, 0.1) is 0 Å². The molecule has 1 heterocycles. The highest BCUT2D eigenvalue weighted by Crippen LogP contribution is 2.20. The van der Waals surface area contributed by atoms with Crippen molar-refractivity contribution in [3.05, 3.63) is 41.4 Å². The van der Waals surface area contributed by atoms with E-state index in [1.54, 1.807) is 35.2 Å². The van der Waals surface area contributed by atoms with Crippen molar-refractivity contribution >= 4 is 29.7 Å². The monoisotopic (exact) mass is 304 g/mol. The lowest BCUT2D eigenvalue weighted by Crippen LogP contribution is -2.42. The van der Waals surface area contributed by atoms with Gasteiger partial charge in [0.1, 0.15) is 5.41 Å². The molecule has 2 rings (SSSR count). The zero-order valence-corrected chi connectivity index (χ0v) is 12.5. The maximum atomic E-state index is 12.1. The average molecular weight is 304 g/mol. The summed E-state index contributed by atoms with van der Waals surface area (Å²) in [5.74, 6) is -1.13. The average Bonchev–Trinajstić information content (AvgIpc) is 2.85. The van der Waals surface area contributed by atoms with E-state index in [2.05, 4.69) is 10.3 Å². The molecule has 2 aromatic rings. The van der Waals surface area contributed by atoms with E-state index in [9.17, 15) is 9.59 Å². The van der Waals surface area contributed by atoms with Crippen LogP contribution in [-0.4, -0.2) is 21.4 Å². The summed E-state index contributed by atoms with van der Waals surface area (Å²) in [5.41, 5.74) is 5.32. The molecule has 0 radical (unpaired) electrons. The topological polar surface area (TPSA) is 92.9 Å². The first-order chi connectivity index (χ1) is 9.82. The minimum Gasteiger partial charge on any atom is -0.369 e. The minimum atomic E-state index is -1.28. The lowest BCUT2D eigenvalue weighted by molar-refractivity contribution is -0.136. The number of aromatic amines is 1. The lowest BCUT2D eigenvalue weighted by Gasteiger charge is -2.19. The fourth-order valence-corrected chi connectivity index (χ4v) is 1.89. The van der Waals surface area contributed by atoms with Crippen LogP contribution in [-0.2, 0) is 9.59 Å². The number of nitrogens with one attached hydrogen (secondary N) is 2. The molecule has 21 heavy (non-hydrogen) atoms. The Kier molecular flexibility index (Phi) is 3.95. The van der Waals surface area contributed by atoms with Crippen molar-refractivity contribution in [2.24, 2.45) is 11.1 Å². The number of benzene rings is 1. The maximum absolute atomic E-state index is 12.1. The van der Waals surface area contributed by atoms with Crippen LogP contribution in [0.5, 0.6) is 0 Å². The number of H-pyrrole nitrogens is 1. The highest BCUT2D eigenvalue weighted by atomic mass is 32.1. The Bertz CT molecular complexity index is 745. The molecule has 0 unspecified atom stereocenters. The third kappa shape index (κ3) is 3.03. The van der Waals surface area contributed by atoms with Crippen LogP contribution in [0.1, 0.15) is 13.8 Å². The number of amides is 2. The normalized spacial score (nSPS) is 11.1. The highest BCUT2D eigenvalue weighted by Gasteiger charge is 2.34. The number of rotatable bonds is 4. The summed E-state index contributed by atoms with van der Waals surface area (Å²) in [4.78, 5) is 26.3. The molecule has 0 aliphatic rings. The van der Waals surface area contributed by atoms with Crippen molar-refractivity contribution in [3.8, 4) is 5.69 Å². The second-order valence-electron chi connectivity index (χ2n) is 5.13. The van der Waals surface area contributed by atoms with Crippen LogP contribution in [0.3, 0.4) is 0 Å². The lowest BCUT2D eigenvalue weighted by atomic mass is 9.91. The van der Waals surface area contributed by atoms with E-state index >= 15 is 0 Å². The summed E-state index contributed by atoms with van der Waals surface area (Å²) < 4.78 is 2.32. The van der Waals surface area contributed by atoms with Crippen LogP contribution in [0.25, 0.3) is 5.69 Å². The van der Waals surface area contributed by atoms with E-state index in [-0.39, 0.29) is 0 Å². The van der Waals surface area contributed by atoms with Crippen LogP contribution in [0.2, 0.25) is 0 Å². The first-order valence-corrected chi connectivity index (χ1v) is 6.71. The molecule has 4 N–H and O–H groups in total. The first kappa shape index (κ1) is 15.0. The molecule has 0 atom stereocenters. The summed E-state index contributed by atoms with van der Waals surface area (Å²) in [5, 5.41) is 2.69. The van der Waals surface area contributed by atoms with Gasteiger partial charge in [0.25, 0.3) is 0 Å². The van der Waals surface area contributed by atoms with Crippen LogP contribution in [0, 0.1) is 10.2 Å². The Balaban J connectivity index is 2.27. The van der Waals surface area contributed by atoms with Crippen LogP contribution >= 0.6 is 12.2 Å². The van der Waals surface area contributed by atoms with Gasteiger partial charge in [-0.3, -0.25) is 14.2 Å². The van der Waals surface area contributed by atoms with E-state index in [0.29, 0.717) is 10.5 Å². The van der Waals surface area contributed by atoms with E-state index in [1.165, 1.54) is 13.8 Å². The van der Waals surface area contributed by atoms with E-state index < -0.39 is 17.2 Å². The quantitative estimate of drug-likeness (QED) is 0.595. The van der Waals surface area contributed by atoms with E-state index in [0.717, 1.165) is 5.69 Å². The zero-order chi connectivity index (χ0) is 15.6. The molecule has 0 saturated heterocycles. The van der Waals surface area contributed by atoms with Gasteiger partial charge in [-0.25, -0.2) is 0 Å². The third-order valence-corrected chi connectivity index (χ3v) is 3.53. The third-order valence-electron chi connectivity index (χ3n) is 3.22. The number of nitrogens with two attached hydrogens (primary N) is 1. The van der Waals surface area contributed by atoms with Crippen molar-refractivity contribution in [3.63, 3.8) is 0 Å². The Morgan fingerprint density at radius 3 is 2.67 bits per heavy atom. The van der Waals surface area contributed by atoms with Crippen molar-refractivity contribution in [1.82, 2.24) is 9.55 Å². The largest absolute Gasteiger partial charge is 0.369 e. The standard InChI is InChI=1S/C14H16N4O2S/c1-14(2,11(15)19)12(20)17-9-4-3-5-10(8-9)18-7-6-16-13(18)21/h3-8H,1-2H3,(H2,15,19)(H,16,21)(H,17,20). The number of hydrogen-bond donors (Lipinski definition) is 3. The Morgan fingerprint density at radius 1 is 1.38 bits per heavy atom. The second-order valence-corrected chi connectivity index (χ2v) is 5.52. The molecule has 110 valence electrons. The molecule has 0 aliphatic carbocycles. The fourth-order valence-electron chi connectivity index (χ4n) is 1.66. The SMILES string of the molecule is CC(C)(C(N)=O)C(=O)Nc1cccc(-n2cc[nH]c2=S)c1. The molecule has 1 aromatic heterocycles.